The maximum Gasteiger partial charge on any atom is 0.335 e. The number of rotatable bonds is 9. The number of fused-ring (bicyclic) bond motifs is 1. The van der Waals surface area contributed by atoms with Crippen LogP contribution in [0.15, 0.2) is 121 Å². The van der Waals surface area contributed by atoms with E-state index < -0.39 is 5.97 Å². The van der Waals surface area contributed by atoms with Crippen LogP contribution in [0, 0.1) is 11.6 Å². The van der Waals surface area contributed by atoms with Crippen molar-refractivity contribution in [1.82, 2.24) is 9.88 Å². The Morgan fingerprint density at radius 1 is 0.682 bits per heavy atom. The number of aromatic nitrogens is 1. The van der Waals surface area contributed by atoms with Crippen LogP contribution in [-0.2, 0) is 13.1 Å². The van der Waals surface area contributed by atoms with Crippen LogP contribution < -0.4 is 10.6 Å². The number of benzene rings is 5. The molecule has 0 aliphatic carbocycles. The SMILES string of the molecule is O=C(O)c1ccc(CNC(=O)c2ccc(Nc3ccc(F)cc3)c3ccn(Cc4ccc(-c5ccc(F)cc5)cc4)c23)cc1. The van der Waals surface area contributed by atoms with Crippen molar-refractivity contribution in [3.8, 4) is 11.1 Å². The fraction of sp³-hybridized carbons (Fsp3) is 0.0556. The van der Waals surface area contributed by atoms with Gasteiger partial charge in [0.05, 0.1) is 16.6 Å². The van der Waals surface area contributed by atoms with Crippen LogP contribution in [0.25, 0.3) is 22.0 Å². The molecule has 0 unspecified atom stereocenters. The van der Waals surface area contributed by atoms with Gasteiger partial charge >= 0.3 is 5.97 Å². The zero-order valence-electron chi connectivity index (χ0n) is 23.4. The Hall–Kier alpha value is -5.76. The lowest BCUT2D eigenvalue weighted by molar-refractivity contribution is 0.0696. The van der Waals surface area contributed by atoms with E-state index in [4.69, 9.17) is 5.11 Å². The molecule has 6 rings (SSSR count). The molecule has 5 aromatic carbocycles. The molecule has 0 saturated carbocycles. The third kappa shape index (κ3) is 6.19. The van der Waals surface area contributed by atoms with Gasteiger partial charge in [-0.1, -0.05) is 48.5 Å². The molecule has 1 heterocycles. The molecule has 0 saturated heterocycles. The monoisotopic (exact) mass is 587 g/mol. The van der Waals surface area contributed by atoms with E-state index in [1.807, 2.05) is 47.2 Å². The second-order valence-electron chi connectivity index (χ2n) is 10.4. The summed E-state index contributed by atoms with van der Waals surface area (Å²) < 4.78 is 28.9. The number of nitrogens with one attached hydrogen (secondary N) is 2. The first kappa shape index (κ1) is 28.4. The first-order valence-electron chi connectivity index (χ1n) is 13.9. The average molecular weight is 588 g/mol. The normalized spacial score (nSPS) is 11.0. The standard InChI is InChI=1S/C36H27F2N3O3/c37-28-11-9-26(10-12-28)25-5-3-24(4-6-25)22-41-20-19-31-33(40-30-15-13-29(38)14-16-30)18-17-32(34(31)41)35(42)39-21-23-1-7-27(8-2-23)36(43)44/h1-20,40H,21-22H2,(H,39,42)(H,43,44). The summed E-state index contributed by atoms with van der Waals surface area (Å²) in [6.07, 6.45) is 1.93. The van der Waals surface area contributed by atoms with E-state index in [-0.39, 0.29) is 29.6 Å². The zero-order chi connectivity index (χ0) is 30.6. The van der Waals surface area contributed by atoms with E-state index in [1.54, 1.807) is 42.5 Å². The predicted octanol–water partition coefficient (Wildman–Crippen LogP) is 8.01. The van der Waals surface area contributed by atoms with E-state index in [9.17, 15) is 18.4 Å². The molecule has 0 aliphatic rings. The van der Waals surface area contributed by atoms with Gasteiger partial charge in [-0.3, -0.25) is 4.79 Å². The summed E-state index contributed by atoms with van der Waals surface area (Å²) in [6.45, 7) is 0.714. The highest BCUT2D eigenvalue weighted by atomic mass is 19.1. The molecule has 8 heteroatoms. The molecule has 3 N–H and O–H groups in total. The molecule has 1 aromatic heterocycles. The highest BCUT2D eigenvalue weighted by molar-refractivity contribution is 6.09. The van der Waals surface area contributed by atoms with Crippen LogP contribution in [0.1, 0.15) is 31.8 Å². The Balaban J connectivity index is 1.30. The van der Waals surface area contributed by atoms with E-state index in [0.29, 0.717) is 17.8 Å². The van der Waals surface area contributed by atoms with E-state index in [2.05, 4.69) is 10.6 Å². The Morgan fingerprint density at radius 2 is 1.27 bits per heavy atom. The third-order valence-corrected chi connectivity index (χ3v) is 7.43. The summed E-state index contributed by atoms with van der Waals surface area (Å²) in [4.78, 5) is 24.7. The largest absolute Gasteiger partial charge is 0.478 e. The molecule has 1 amide bonds. The van der Waals surface area contributed by atoms with Crippen LogP contribution in [0.4, 0.5) is 20.2 Å². The molecule has 0 radical (unpaired) electrons. The second kappa shape index (κ2) is 12.2. The molecular formula is C36H27F2N3O3. The summed E-state index contributed by atoms with van der Waals surface area (Å²) in [5.74, 6) is -1.91. The number of carbonyl (C=O) groups excluding carboxylic acids is 1. The average Bonchev–Trinajstić information content (AvgIpc) is 3.46. The third-order valence-electron chi connectivity index (χ3n) is 7.43. The molecule has 0 fully saturated rings. The number of aromatic carboxylic acids is 1. The number of amides is 1. The molecule has 6 nitrogen and oxygen atoms in total. The fourth-order valence-electron chi connectivity index (χ4n) is 5.12. The van der Waals surface area contributed by atoms with Gasteiger partial charge in [0.1, 0.15) is 11.6 Å². The van der Waals surface area contributed by atoms with Crippen LogP contribution in [-0.4, -0.2) is 21.6 Å². The Labute approximate surface area is 252 Å². The van der Waals surface area contributed by atoms with Crippen LogP contribution >= 0.6 is 0 Å². The van der Waals surface area contributed by atoms with Crippen molar-refractivity contribution in [2.24, 2.45) is 0 Å². The van der Waals surface area contributed by atoms with E-state index in [0.717, 1.165) is 38.8 Å². The van der Waals surface area contributed by atoms with Crippen LogP contribution in [0.3, 0.4) is 0 Å². The lowest BCUT2D eigenvalue weighted by atomic mass is 10.0. The van der Waals surface area contributed by atoms with Gasteiger partial charge in [-0.2, -0.15) is 0 Å². The van der Waals surface area contributed by atoms with Crippen molar-refractivity contribution in [3.05, 3.63) is 155 Å². The van der Waals surface area contributed by atoms with Crippen molar-refractivity contribution < 1.29 is 23.5 Å². The molecule has 0 aliphatic heterocycles. The first-order valence-corrected chi connectivity index (χ1v) is 13.9. The number of carbonyl (C=O) groups is 2. The summed E-state index contributed by atoms with van der Waals surface area (Å²) in [5, 5.41) is 16.3. The molecule has 44 heavy (non-hydrogen) atoms. The Morgan fingerprint density at radius 3 is 1.91 bits per heavy atom. The lowest BCUT2D eigenvalue weighted by Crippen LogP contribution is -2.23. The van der Waals surface area contributed by atoms with Gasteiger partial charge in [-0.25, -0.2) is 13.6 Å². The zero-order valence-corrected chi connectivity index (χ0v) is 23.4. The molecule has 0 spiro atoms. The van der Waals surface area contributed by atoms with Crippen molar-refractivity contribution in [2.45, 2.75) is 13.1 Å². The highest BCUT2D eigenvalue weighted by Crippen LogP contribution is 2.31. The number of hydrogen-bond acceptors (Lipinski definition) is 3. The van der Waals surface area contributed by atoms with E-state index in [1.165, 1.54) is 36.4 Å². The van der Waals surface area contributed by atoms with Crippen LogP contribution in [0.5, 0.6) is 0 Å². The van der Waals surface area contributed by atoms with Crippen molar-refractivity contribution in [1.29, 1.82) is 0 Å². The van der Waals surface area contributed by atoms with Crippen molar-refractivity contribution in [2.75, 3.05) is 5.32 Å². The van der Waals surface area contributed by atoms with Gasteiger partial charge in [0, 0.05) is 36.0 Å². The van der Waals surface area contributed by atoms with Crippen molar-refractivity contribution in [3.63, 3.8) is 0 Å². The Bertz CT molecular complexity index is 1950. The minimum Gasteiger partial charge on any atom is -0.478 e. The highest BCUT2D eigenvalue weighted by Gasteiger charge is 2.17. The smallest absolute Gasteiger partial charge is 0.335 e. The fourth-order valence-corrected chi connectivity index (χ4v) is 5.12. The maximum atomic E-state index is 13.5. The summed E-state index contributed by atoms with van der Waals surface area (Å²) >= 11 is 0. The summed E-state index contributed by atoms with van der Waals surface area (Å²) in [5.41, 5.74) is 6.50. The summed E-state index contributed by atoms with van der Waals surface area (Å²) in [6, 6.07) is 32.3. The van der Waals surface area contributed by atoms with Gasteiger partial charge in [0.15, 0.2) is 0 Å². The van der Waals surface area contributed by atoms with E-state index >= 15 is 0 Å². The second-order valence-corrected chi connectivity index (χ2v) is 10.4. The quantitative estimate of drug-likeness (QED) is 0.160. The van der Waals surface area contributed by atoms with Gasteiger partial charge in [-0.05, 0) is 89.0 Å². The number of nitrogens with zero attached hydrogens (tertiary/aromatic N) is 1. The molecule has 6 aromatic rings. The number of anilines is 2. The minimum absolute atomic E-state index is 0.176. The molecule has 218 valence electrons. The molecule has 0 bridgehead atoms. The lowest BCUT2D eigenvalue weighted by Gasteiger charge is -2.14. The first-order chi connectivity index (χ1) is 21.3. The maximum absolute atomic E-state index is 13.5. The predicted molar refractivity (Wildman–Crippen MR) is 167 cm³/mol. The number of carboxylic acid groups (broad SMARTS) is 1. The van der Waals surface area contributed by atoms with Gasteiger partial charge in [0.2, 0.25) is 0 Å². The number of hydrogen-bond donors (Lipinski definition) is 3. The van der Waals surface area contributed by atoms with Gasteiger partial charge in [0.25, 0.3) is 5.91 Å². The topological polar surface area (TPSA) is 83.4 Å². The van der Waals surface area contributed by atoms with Crippen molar-refractivity contribution >= 4 is 34.2 Å². The van der Waals surface area contributed by atoms with Crippen LogP contribution in [0.2, 0.25) is 0 Å². The summed E-state index contributed by atoms with van der Waals surface area (Å²) in [7, 11) is 0. The molecular weight excluding hydrogens is 560 g/mol. The molecule has 0 atom stereocenters. The number of halogens is 2. The van der Waals surface area contributed by atoms with Gasteiger partial charge < -0.3 is 20.3 Å². The van der Waals surface area contributed by atoms with Gasteiger partial charge in [-0.15, -0.1) is 0 Å². The minimum atomic E-state index is -1.01. The number of carboxylic acids is 1. The Kier molecular flexibility index (Phi) is 7.88.